The minimum Gasteiger partial charge on any atom is -0.481 e. The minimum absolute atomic E-state index is 0.381. The Labute approximate surface area is 91.5 Å². The molecule has 1 aliphatic carbocycles. The molecule has 0 spiro atoms. The summed E-state index contributed by atoms with van der Waals surface area (Å²) in [6.07, 6.45) is 5.52. The maximum atomic E-state index is 11.4. The molecular weight excluding hydrogens is 190 g/mol. The topological polar surface area (TPSA) is 40.5 Å². The fourth-order valence-corrected chi connectivity index (χ4v) is 3.30. The van der Waals surface area contributed by atoms with Crippen LogP contribution in [0.1, 0.15) is 39.0 Å². The zero-order chi connectivity index (χ0) is 10.9. The molecule has 2 atom stereocenters. The summed E-state index contributed by atoms with van der Waals surface area (Å²) < 4.78 is 0. The van der Waals surface area contributed by atoms with E-state index < -0.39 is 5.97 Å². The molecule has 2 fully saturated rings. The van der Waals surface area contributed by atoms with Crippen molar-refractivity contribution in [1.82, 2.24) is 4.90 Å². The first-order chi connectivity index (χ1) is 7.19. The second-order valence-electron chi connectivity index (χ2n) is 5.14. The van der Waals surface area contributed by atoms with Gasteiger partial charge in [-0.25, -0.2) is 0 Å². The van der Waals surface area contributed by atoms with Crippen LogP contribution >= 0.6 is 0 Å². The summed E-state index contributed by atoms with van der Waals surface area (Å²) in [6.45, 7) is 5.09. The number of unbranched alkanes of at least 4 members (excludes halogenated alkanes) is 1. The van der Waals surface area contributed by atoms with Gasteiger partial charge < -0.3 is 10.0 Å². The first kappa shape index (κ1) is 10.9. The van der Waals surface area contributed by atoms with Crippen LogP contribution in [0, 0.1) is 11.3 Å². The molecule has 86 valence electrons. The van der Waals surface area contributed by atoms with Gasteiger partial charge in [-0.2, -0.15) is 0 Å². The quantitative estimate of drug-likeness (QED) is 0.773. The van der Waals surface area contributed by atoms with Gasteiger partial charge in [0.05, 0.1) is 5.41 Å². The first-order valence-electron chi connectivity index (χ1n) is 6.15. The van der Waals surface area contributed by atoms with Gasteiger partial charge in [-0.1, -0.05) is 19.8 Å². The normalized spacial score (nSPS) is 35.7. The average molecular weight is 211 g/mol. The van der Waals surface area contributed by atoms with Gasteiger partial charge in [-0.3, -0.25) is 4.79 Å². The Morgan fingerprint density at radius 2 is 2.40 bits per heavy atom. The van der Waals surface area contributed by atoms with E-state index in [1.807, 2.05) is 0 Å². The number of rotatable bonds is 4. The number of carboxylic acids is 1. The molecule has 1 saturated carbocycles. The van der Waals surface area contributed by atoms with E-state index in [-0.39, 0.29) is 5.41 Å². The van der Waals surface area contributed by atoms with Crippen LogP contribution in [-0.2, 0) is 4.79 Å². The molecule has 1 saturated heterocycles. The number of nitrogens with zero attached hydrogens (tertiary/aromatic N) is 1. The van der Waals surface area contributed by atoms with Gasteiger partial charge in [0.15, 0.2) is 0 Å². The van der Waals surface area contributed by atoms with Gasteiger partial charge >= 0.3 is 5.97 Å². The Balaban J connectivity index is 2.01. The van der Waals surface area contributed by atoms with E-state index in [0.717, 1.165) is 38.9 Å². The molecule has 1 aliphatic heterocycles. The van der Waals surface area contributed by atoms with Crippen molar-refractivity contribution in [1.29, 1.82) is 0 Å². The van der Waals surface area contributed by atoms with Crippen LogP contribution in [0.25, 0.3) is 0 Å². The van der Waals surface area contributed by atoms with Crippen molar-refractivity contribution >= 4 is 5.97 Å². The average Bonchev–Trinajstić information content (AvgIpc) is 2.70. The first-order valence-corrected chi connectivity index (χ1v) is 6.15. The third-order valence-corrected chi connectivity index (χ3v) is 4.20. The summed E-state index contributed by atoms with van der Waals surface area (Å²) in [7, 11) is 0. The molecule has 3 nitrogen and oxygen atoms in total. The highest BCUT2D eigenvalue weighted by atomic mass is 16.4. The second kappa shape index (κ2) is 4.12. The fourth-order valence-electron chi connectivity index (χ4n) is 3.30. The van der Waals surface area contributed by atoms with Crippen molar-refractivity contribution in [3.05, 3.63) is 0 Å². The Morgan fingerprint density at radius 3 is 3.00 bits per heavy atom. The molecule has 0 bridgehead atoms. The van der Waals surface area contributed by atoms with Crippen molar-refractivity contribution in [2.24, 2.45) is 11.3 Å². The molecule has 3 heteroatoms. The van der Waals surface area contributed by atoms with E-state index in [0.29, 0.717) is 5.92 Å². The number of carbonyl (C=O) groups is 1. The summed E-state index contributed by atoms with van der Waals surface area (Å²) >= 11 is 0. The molecule has 15 heavy (non-hydrogen) atoms. The standard InChI is InChI=1S/C12H21NO2/c1-2-3-7-13-8-10-5-4-6-12(10,9-13)11(14)15/h10H,2-9H2,1H3,(H,14,15)/t10-,12+/m0/s1. The predicted molar refractivity (Wildman–Crippen MR) is 58.8 cm³/mol. The Kier molecular flexibility index (Phi) is 3.01. The SMILES string of the molecule is CCCCN1C[C@@H]2CCC[C@@]2(C(=O)O)C1. The van der Waals surface area contributed by atoms with Gasteiger partial charge in [0.25, 0.3) is 0 Å². The van der Waals surface area contributed by atoms with E-state index in [2.05, 4.69) is 11.8 Å². The van der Waals surface area contributed by atoms with Gasteiger partial charge in [-0.05, 0) is 31.7 Å². The zero-order valence-corrected chi connectivity index (χ0v) is 9.54. The number of carboxylic acid groups (broad SMARTS) is 1. The fraction of sp³-hybridized carbons (Fsp3) is 0.917. The number of likely N-dealkylation sites (tertiary alicyclic amines) is 1. The number of hydrogen-bond acceptors (Lipinski definition) is 2. The van der Waals surface area contributed by atoms with E-state index in [1.54, 1.807) is 0 Å². The third-order valence-electron chi connectivity index (χ3n) is 4.20. The van der Waals surface area contributed by atoms with Crippen molar-refractivity contribution < 1.29 is 9.90 Å². The smallest absolute Gasteiger partial charge is 0.311 e. The van der Waals surface area contributed by atoms with Crippen molar-refractivity contribution in [3.63, 3.8) is 0 Å². The highest BCUT2D eigenvalue weighted by molar-refractivity contribution is 5.76. The highest BCUT2D eigenvalue weighted by Gasteiger charge is 2.54. The lowest BCUT2D eigenvalue weighted by atomic mass is 9.81. The molecular formula is C12H21NO2. The predicted octanol–water partition coefficient (Wildman–Crippen LogP) is 1.97. The molecule has 0 aromatic carbocycles. The van der Waals surface area contributed by atoms with Crippen LogP contribution in [0.4, 0.5) is 0 Å². The molecule has 0 amide bonds. The molecule has 2 rings (SSSR count). The van der Waals surface area contributed by atoms with Gasteiger partial charge in [-0.15, -0.1) is 0 Å². The van der Waals surface area contributed by atoms with Crippen molar-refractivity contribution in [2.45, 2.75) is 39.0 Å². The molecule has 1 N–H and O–H groups in total. The lowest BCUT2D eigenvalue weighted by Crippen LogP contribution is -2.35. The lowest BCUT2D eigenvalue weighted by Gasteiger charge is -2.23. The molecule has 2 aliphatic rings. The van der Waals surface area contributed by atoms with Crippen LogP contribution in [0.3, 0.4) is 0 Å². The van der Waals surface area contributed by atoms with Gasteiger partial charge in [0.1, 0.15) is 0 Å². The van der Waals surface area contributed by atoms with Gasteiger partial charge in [0.2, 0.25) is 0 Å². The number of fused-ring (bicyclic) bond motifs is 1. The van der Waals surface area contributed by atoms with Crippen molar-refractivity contribution in [3.8, 4) is 0 Å². The zero-order valence-electron chi connectivity index (χ0n) is 9.54. The Morgan fingerprint density at radius 1 is 1.60 bits per heavy atom. The van der Waals surface area contributed by atoms with Crippen LogP contribution < -0.4 is 0 Å². The third kappa shape index (κ3) is 1.78. The highest BCUT2D eigenvalue weighted by Crippen LogP contribution is 2.48. The molecule has 0 aromatic rings. The van der Waals surface area contributed by atoms with E-state index in [9.17, 15) is 9.90 Å². The van der Waals surface area contributed by atoms with Crippen LogP contribution in [0.5, 0.6) is 0 Å². The minimum atomic E-state index is -0.552. The molecule has 0 unspecified atom stereocenters. The Bertz CT molecular complexity index is 254. The number of aliphatic carboxylic acids is 1. The van der Waals surface area contributed by atoms with Crippen LogP contribution in [0.15, 0.2) is 0 Å². The molecule has 0 radical (unpaired) electrons. The summed E-state index contributed by atoms with van der Waals surface area (Å²) in [4.78, 5) is 13.8. The van der Waals surface area contributed by atoms with Crippen LogP contribution in [0.2, 0.25) is 0 Å². The summed E-state index contributed by atoms with van der Waals surface area (Å²) in [5.74, 6) is -0.129. The molecule has 0 aromatic heterocycles. The van der Waals surface area contributed by atoms with Crippen LogP contribution in [-0.4, -0.2) is 35.6 Å². The van der Waals surface area contributed by atoms with E-state index >= 15 is 0 Å². The largest absolute Gasteiger partial charge is 0.481 e. The van der Waals surface area contributed by atoms with E-state index in [1.165, 1.54) is 12.8 Å². The van der Waals surface area contributed by atoms with E-state index in [4.69, 9.17) is 0 Å². The number of hydrogen-bond donors (Lipinski definition) is 1. The summed E-state index contributed by atoms with van der Waals surface area (Å²) in [5.41, 5.74) is -0.381. The monoisotopic (exact) mass is 211 g/mol. The summed E-state index contributed by atoms with van der Waals surface area (Å²) in [6, 6.07) is 0. The summed E-state index contributed by atoms with van der Waals surface area (Å²) in [5, 5.41) is 9.39. The maximum Gasteiger partial charge on any atom is 0.311 e. The van der Waals surface area contributed by atoms with Crippen molar-refractivity contribution in [2.75, 3.05) is 19.6 Å². The Hall–Kier alpha value is -0.570. The second-order valence-corrected chi connectivity index (χ2v) is 5.14. The van der Waals surface area contributed by atoms with Gasteiger partial charge in [0, 0.05) is 13.1 Å². The molecule has 1 heterocycles. The lowest BCUT2D eigenvalue weighted by molar-refractivity contribution is -0.149. The maximum absolute atomic E-state index is 11.4.